The van der Waals surface area contributed by atoms with E-state index in [0.717, 1.165) is 9.21 Å². The SMILES string of the molecule is CC(C)(C)[Si](C)(C)OC(O)Cc1ccc(Cl)s1. The molecule has 1 heterocycles. The Morgan fingerprint density at radius 3 is 2.41 bits per heavy atom. The van der Waals surface area contributed by atoms with Crippen molar-refractivity contribution in [3.8, 4) is 0 Å². The third kappa shape index (κ3) is 4.37. The Hall–Kier alpha value is 0.127. The minimum absolute atomic E-state index is 0.112. The largest absolute Gasteiger partial charge is 0.392 e. The summed E-state index contributed by atoms with van der Waals surface area (Å²) in [5.41, 5.74) is 0. The standard InChI is InChI=1S/C12H21ClO2SSi/c1-12(2,3)17(4,5)15-11(14)8-9-6-7-10(13)16-9/h6-7,11,14H,8H2,1-5H3. The smallest absolute Gasteiger partial charge is 0.195 e. The minimum atomic E-state index is -1.89. The Morgan fingerprint density at radius 1 is 1.41 bits per heavy atom. The maximum atomic E-state index is 9.99. The molecule has 0 fully saturated rings. The van der Waals surface area contributed by atoms with E-state index >= 15 is 0 Å². The topological polar surface area (TPSA) is 29.5 Å². The molecule has 0 bridgehead atoms. The zero-order chi connectivity index (χ0) is 13.3. The molecule has 98 valence electrons. The van der Waals surface area contributed by atoms with Gasteiger partial charge in [-0.3, -0.25) is 0 Å². The van der Waals surface area contributed by atoms with Gasteiger partial charge in [-0.1, -0.05) is 32.4 Å². The van der Waals surface area contributed by atoms with Crippen LogP contribution in [-0.2, 0) is 10.8 Å². The van der Waals surface area contributed by atoms with Crippen molar-refractivity contribution < 1.29 is 9.53 Å². The first-order chi connectivity index (χ1) is 7.62. The van der Waals surface area contributed by atoms with Crippen molar-refractivity contribution in [2.75, 3.05) is 0 Å². The third-order valence-electron chi connectivity index (χ3n) is 3.24. The van der Waals surface area contributed by atoms with Crippen molar-refractivity contribution in [1.82, 2.24) is 0 Å². The van der Waals surface area contributed by atoms with Crippen molar-refractivity contribution in [2.24, 2.45) is 0 Å². The highest BCUT2D eigenvalue weighted by atomic mass is 35.5. The number of hydrogen-bond acceptors (Lipinski definition) is 3. The molecule has 0 aliphatic rings. The van der Waals surface area contributed by atoms with Crippen LogP contribution in [0.4, 0.5) is 0 Å². The van der Waals surface area contributed by atoms with Gasteiger partial charge in [-0.25, -0.2) is 0 Å². The number of thiophene rings is 1. The predicted molar refractivity (Wildman–Crippen MR) is 77.3 cm³/mol. The Kier molecular flexibility index (Phi) is 4.83. The Bertz CT molecular complexity index is 371. The molecule has 0 aliphatic carbocycles. The normalized spacial score (nSPS) is 15.0. The quantitative estimate of drug-likeness (QED) is 0.663. The van der Waals surface area contributed by atoms with Crippen molar-refractivity contribution in [1.29, 1.82) is 0 Å². The van der Waals surface area contributed by atoms with E-state index in [9.17, 15) is 5.11 Å². The molecule has 5 heteroatoms. The fourth-order valence-electron chi connectivity index (χ4n) is 1.19. The highest BCUT2D eigenvalue weighted by molar-refractivity contribution is 7.16. The van der Waals surface area contributed by atoms with Crippen LogP contribution in [0.5, 0.6) is 0 Å². The molecular formula is C12H21ClO2SSi. The molecule has 0 aromatic carbocycles. The molecule has 2 nitrogen and oxygen atoms in total. The molecule has 0 radical (unpaired) electrons. The van der Waals surface area contributed by atoms with Gasteiger partial charge >= 0.3 is 0 Å². The van der Waals surface area contributed by atoms with Gasteiger partial charge in [-0.05, 0) is 30.3 Å². The van der Waals surface area contributed by atoms with Crippen LogP contribution in [0.1, 0.15) is 25.6 Å². The minimum Gasteiger partial charge on any atom is -0.392 e. The van der Waals surface area contributed by atoms with Crippen LogP contribution in [0, 0.1) is 0 Å². The van der Waals surface area contributed by atoms with E-state index in [0.29, 0.717) is 6.42 Å². The second-order valence-corrected chi connectivity index (χ2v) is 12.3. The van der Waals surface area contributed by atoms with E-state index in [1.165, 1.54) is 11.3 Å². The van der Waals surface area contributed by atoms with E-state index in [4.69, 9.17) is 16.0 Å². The van der Waals surface area contributed by atoms with Gasteiger partial charge in [0.25, 0.3) is 0 Å². The molecule has 0 saturated carbocycles. The highest BCUT2D eigenvalue weighted by Gasteiger charge is 2.38. The van der Waals surface area contributed by atoms with Crippen molar-refractivity contribution in [3.05, 3.63) is 21.3 Å². The summed E-state index contributed by atoms with van der Waals surface area (Å²) < 4.78 is 6.62. The summed E-state index contributed by atoms with van der Waals surface area (Å²) in [4.78, 5) is 1.06. The van der Waals surface area contributed by atoms with E-state index in [2.05, 4.69) is 33.9 Å². The molecule has 0 amide bonds. The lowest BCUT2D eigenvalue weighted by atomic mass is 10.2. The van der Waals surface area contributed by atoms with Crippen LogP contribution in [-0.4, -0.2) is 19.7 Å². The molecule has 1 atom stereocenters. The molecule has 1 N–H and O–H groups in total. The molecule has 1 aromatic rings. The molecule has 1 aromatic heterocycles. The van der Waals surface area contributed by atoms with Crippen molar-refractivity contribution >= 4 is 31.3 Å². The Balaban J connectivity index is 2.58. The van der Waals surface area contributed by atoms with E-state index in [1.807, 2.05) is 12.1 Å². The monoisotopic (exact) mass is 292 g/mol. The van der Waals surface area contributed by atoms with Gasteiger partial charge < -0.3 is 9.53 Å². The molecule has 1 unspecified atom stereocenters. The van der Waals surface area contributed by atoms with E-state index < -0.39 is 14.6 Å². The summed E-state index contributed by atoms with van der Waals surface area (Å²) in [6, 6.07) is 3.78. The van der Waals surface area contributed by atoms with Crippen molar-refractivity contribution in [3.63, 3.8) is 0 Å². The molecule has 17 heavy (non-hydrogen) atoms. The van der Waals surface area contributed by atoms with Crippen LogP contribution in [0.2, 0.25) is 22.5 Å². The van der Waals surface area contributed by atoms with Gasteiger partial charge in [0, 0.05) is 11.3 Å². The van der Waals surface area contributed by atoms with E-state index in [1.54, 1.807) is 0 Å². The summed E-state index contributed by atoms with van der Waals surface area (Å²) in [6.07, 6.45) is -0.213. The number of hydrogen-bond donors (Lipinski definition) is 1. The van der Waals surface area contributed by atoms with Crippen LogP contribution in [0.3, 0.4) is 0 Å². The molecule has 0 spiro atoms. The van der Waals surface area contributed by atoms with E-state index in [-0.39, 0.29) is 5.04 Å². The lowest BCUT2D eigenvalue weighted by Crippen LogP contribution is -2.44. The summed E-state index contributed by atoms with van der Waals surface area (Å²) in [6.45, 7) is 10.8. The van der Waals surface area contributed by atoms with Crippen LogP contribution < -0.4 is 0 Å². The van der Waals surface area contributed by atoms with Gasteiger partial charge in [-0.2, -0.15) is 0 Å². The number of halogens is 1. The number of aliphatic hydroxyl groups excluding tert-OH is 1. The second-order valence-electron chi connectivity index (χ2n) is 5.74. The lowest BCUT2D eigenvalue weighted by Gasteiger charge is -2.37. The Labute approximate surface area is 114 Å². The molecule has 1 rings (SSSR count). The van der Waals surface area contributed by atoms with Gasteiger partial charge in [-0.15, -0.1) is 11.3 Å². The number of aliphatic hydroxyl groups is 1. The predicted octanol–water partition coefficient (Wildman–Crippen LogP) is 4.28. The fraction of sp³-hybridized carbons (Fsp3) is 0.667. The lowest BCUT2D eigenvalue weighted by molar-refractivity contribution is -0.0262. The maximum Gasteiger partial charge on any atom is 0.195 e. The average molecular weight is 293 g/mol. The first-order valence-electron chi connectivity index (χ1n) is 5.72. The van der Waals surface area contributed by atoms with Gasteiger partial charge in [0.05, 0.1) is 4.34 Å². The number of rotatable bonds is 4. The van der Waals surface area contributed by atoms with Gasteiger partial charge in [0.1, 0.15) is 6.29 Å². The summed E-state index contributed by atoms with van der Waals surface area (Å²) in [5.74, 6) is 0. The summed E-state index contributed by atoms with van der Waals surface area (Å²) >= 11 is 7.34. The summed E-state index contributed by atoms with van der Waals surface area (Å²) in [5, 5.41) is 10.1. The van der Waals surface area contributed by atoms with Crippen LogP contribution >= 0.6 is 22.9 Å². The Morgan fingerprint density at radius 2 is 2.00 bits per heavy atom. The first-order valence-corrected chi connectivity index (χ1v) is 9.82. The zero-order valence-corrected chi connectivity index (χ0v) is 13.7. The molecule has 0 saturated heterocycles. The molecule has 0 aliphatic heterocycles. The van der Waals surface area contributed by atoms with Gasteiger partial charge in [0.2, 0.25) is 0 Å². The summed E-state index contributed by atoms with van der Waals surface area (Å²) in [7, 11) is -1.89. The van der Waals surface area contributed by atoms with Crippen LogP contribution in [0.25, 0.3) is 0 Å². The zero-order valence-electron chi connectivity index (χ0n) is 11.1. The van der Waals surface area contributed by atoms with Gasteiger partial charge in [0.15, 0.2) is 8.32 Å². The first kappa shape index (κ1) is 15.2. The van der Waals surface area contributed by atoms with Crippen molar-refractivity contribution in [2.45, 2.75) is 51.6 Å². The average Bonchev–Trinajstić information content (AvgIpc) is 2.47. The maximum absolute atomic E-state index is 9.99. The van der Waals surface area contributed by atoms with Crippen LogP contribution in [0.15, 0.2) is 12.1 Å². The molecular weight excluding hydrogens is 272 g/mol. The second kappa shape index (κ2) is 5.41. The third-order valence-corrected chi connectivity index (χ3v) is 8.97. The fourth-order valence-corrected chi connectivity index (χ4v) is 3.42. The highest BCUT2D eigenvalue weighted by Crippen LogP contribution is 2.37.